The molecule has 0 N–H and O–H groups in total. The molecule has 2 aromatic rings. The van der Waals surface area contributed by atoms with Crippen molar-refractivity contribution in [3.05, 3.63) is 71.8 Å². The Morgan fingerprint density at radius 2 is 1.52 bits per heavy atom. The van der Waals surface area contributed by atoms with Crippen molar-refractivity contribution >= 4 is 5.91 Å². The average molecular weight is 371 g/mol. The van der Waals surface area contributed by atoms with Crippen LogP contribution in [0.25, 0.3) is 0 Å². The molecular formula is C22H26FNO3. The van der Waals surface area contributed by atoms with Gasteiger partial charge in [0.25, 0.3) is 5.91 Å². The Morgan fingerprint density at radius 1 is 1.04 bits per heavy atom. The van der Waals surface area contributed by atoms with Crippen LogP contribution in [0.1, 0.15) is 31.9 Å². The second-order valence-electron chi connectivity index (χ2n) is 7.18. The number of hydrogen-bond acceptors (Lipinski definition) is 3. The molecule has 0 aliphatic carbocycles. The molecule has 2 aromatic carbocycles. The van der Waals surface area contributed by atoms with Crippen molar-refractivity contribution in [2.45, 2.75) is 45.0 Å². The van der Waals surface area contributed by atoms with Gasteiger partial charge in [-0.2, -0.15) is 0 Å². The third-order valence-electron chi connectivity index (χ3n) is 5.06. The minimum atomic E-state index is -1.64. The Labute approximate surface area is 159 Å². The predicted molar refractivity (Wildman–Crippen MR) is 102 cm³/mol. The second-order valence-corrected chi connectivity index (χ2v) is 7.18. The molecule has 5 heteroatoms. The van der Waals surface area contributed by atoms with Gasteiger partial charge in [-0.25, -0.2) is 4.39 Å². The van der Waals surface area contributed by atoms with E-state index in [9.17, 15) is 9.18 Å². The first kappa shape index (κ1) is 19.5. The fraction of sp³-hybridized carbons (Fsp3) is 0.409. The van der Waals surface area contributed by atoms with Crippen molar-refractivity contribution < 1.29 is 18.7 Å². The maximum Gasteiger partial charge on any atom is 0.261 e. The first-order valence-electron chi connectivity index (χ1n) is 9.21. The number of amides is 1. The number of carbonyl (C=O) groups is 1. The average Bonchev–Trinajstić information content (AvgIpc) is 3.05. The summed E-state index contributed by atoms with van der Waals surface area (Å²) in [6.45, 7) is 5.27. The van der Waals surface area contributed by atoms with E-state index in [1.165, 1.54) is 18.9 Å². The highest BCUT2D eigenvalue weighted by Gasteiger charge is 2.59. The van der Waals surface area contributed by atoms with Gasteiger partial charge in [0.1, 0.15) is 5.60 Å². The smallest absolute Gasteiger partial charge is 0.261 e. The van der Waals surface area contributed by atoms with Crippen molar-refractivity contribution in [1.82, 2.24) is 4.90 Å². The number of halogens is 1. The number of alkyl halides is 1. The van der Waals surface area contributed by atoms with E-state index in [1.807, 2.05) is 74.5 Å². The lowest BCUT2D eigenvalue weighted by atomic mass is 9.75. The molecule has 1 aliphatic rings. The molecule has 0 saturated carbocycles. The van der Waals surface area contributed by atoms with Crippen LogP contribution in [0.2, 0.25) is 0 Å². The molecule has 1 aliphatic heterocycles. The van der Waals surface area contributed by atoms with E-state index in [1.54, 1.807) is 0 Å². The lowest BCUT2D eigenvalue weighted by molar-refractivity contribution is -0.195. The monoisotopic (exact) mass is 371 g/mol. The largest absolute Gasteiger partial charge is 0.338 e. The number of methoxy groups -OCH3 is 1. The first-order chi connectivity index (χ1) is 12.9. The molecule has 0 radical (unpaired) electrons. The van der Waals surface area contributed by atoms with Crippen molar-refractivity contribution in [3.8, 4) is 0 Å². The van der Waals surface area contributed by atoms with Gasteiger partial charge in [-0.1, -0.05) is 74.5 Å². The molecule has 144 valence electrons. The summed E-state index contributed by atoms with van der Waals surface area (Å²) in [4.78, 5) is 14.2. The maximum atomic E-state index is 14.0. The van der Waals surface area contributed by atoms with Crippen LogP contribution in [-0.4, -0.2) is 36.5 Å². The molecule has 3 atom stereocenters. The maximum absolute atomic E-state index is 14.0. The van der Waals surface area contributed by atoms with E-state index < -0.39 is 30.1 Å². The van der Waals surface area contributed by atoms with Gasteiger partial charge < -0.3 is 9.47 Å². The molecule has 1 fully saturated rings. The quantitative estimate of drug-likeness (QED) is 0.794. The van der Waals surface area contributed by atoms with E-state index in [0.29, 0.717) is 0 Å². The molecule has 4 nitrogen and oxygen atoms in total. The van der Waals surface area contributed by atoms with Gasteiger partial charge >= 0.3 is 0 Å². The van der Waals surface area contributed by atoms with Crippen LogP contribution in [-0.2, 0) is 19.9 Å². The molecule has 3 rings (SSSR count). The van der Waals surface area contributed by atoms with Crippen LogP contribution in [0.4, 0.5) is 4.39 Å². The Hall–Kier alpha value is -2.24. The van der Waals surface area contributed by atoms with E-state index in [4.69, 9.17) is 9.47 Å². The van der Waals surface area contributed by atoms with Crippen LogP contribution < -0.4 is 0 Å². The molecule has 0 bridgehead atoms. The lowest BCUT2D eigenvalue weighted by Crippen LogP contribution is -2.52. The number of hydrogen-bond donors (Lipinski definition) is 0. The van der Waals surface area contributed by atoms with E-state index >= 15 is 0 Å². The summed E-state index contributed by atoms with van der Waals surface area (Å²) >= 11 is 0. The molecule has 1 amide bonds. The van der Waals surface area contributed by atoms with Crippen LogP contribution in [0.3, 0.4) is 0 Å². The van der Waals surface area contributed by atoms with Gasteiger partial charge in [0.15, 0.2) is 6.17 Å². The predicted octanol–water partition coefficient (Wildman–Crippen LogP) is 4.10. The third-order valence-corrected chi connectivity index (χ3v) is 5.06. The number of nitrogens with zero attached hydrogens (tertiary/aromatic N) is 1. The molecule has 0 spiro atoms. The van der Waals surface area contributed by atoms with Crippen LogP contribution in [0.15, 0.2) is 60.7 Å². The molecular weight excluding hydrogens is 345 g/mol. The minimum Gasteiger partial charge on any atom is -0.338 e. The van der Waals surface area contributed by atoms with Crippen molar-refractivity contribution in [1.29, 1.82) is 0 Å². The Kier molecular flexibility index (Phi) is 5.63. The zero-order chi connectivity index (χ0) is 19.6. The van der Waals surface area contributed by atoms with Crippen LogP contribution >= 0.6 is 0 Å². The van der Waals surface area contributed by atoms with Gasteiger partial charge in [0.05, 0.1) is 6.04 Å². The fourth-order valence-electron chi connectivity index (χ4n) is 4.03. The highest BCUT2D eigenvalue weighted by molar-refractivity contribution is 5.81. The lowest BCUT2D eigenvalue weighted by Gasteiger charge is -2.39. The van der Waals surface area contributed by atoms with Gasteiger partial charge in [0.2, 0.25) is 6.41 Å². The summed E-state index contributed by atoms with van der Waals surface area (Å²) in [5, 5.41) is 0. The zero-order valence-electron chi connectivity index (χ0n) is 16.1. The Bertz CT molecular complexity index is 724. The Balaban J connectivity index is 2.27. The summed E-state index contributed by atoms with van der Waals surface area (Å²) in [6, 6.07) is 19.1. The number of rotatable bonds is 5. The number of carbonyl (C=O) groups excluding carboxylic acids is 1. The second kappa shape index (κ2) is 7.79. The molecule has 1 saturated heterocycles. The van der Waals surface area contributed by atoms with Crippen molar-refractivity contribution in [2.24, 2.45) is 5.92 Å². The molecule has 1 heterocycles. The topological polar surface area (TPSA) is 38.8 Å². The van der Waals surface area contributed by atoms with E-state index in [0.717, 1.165) is 11.1 Å². The third kappa shape index (κ3) is 3.26. The van der Waals surface area contributed by atoms with Gasteiger partial charge in [0, 0.05) is 7.11 Å². The molecule has 0 aromatic heterocycles. The van der Waals surface area contributed by atoms with Crippen molar-refractivity contribution in [2.75, 3.05) is 7.11 Å². The summed E-state index contributed by atoms with van der Waals surface area (Å²) in [5.74, 6) is -0.637. The number of benzene rings is 2. The highest BCUT2D eigenvalue weighted by Crippen LogP contribution is 2.49. The first-order valence-corrected chi connectivity index (χ1v) is 9.21. The standard InChI is InChI=1S/C22H26FNO3/c1-15(2)19-22(17-11-7-5-8-12-17,18-13-9-6-10-14-18)27-21(26-4)24(19)20(25)16(3)23/h5-16,19,21H,1-4H3/t16?,19-,21?/m0/s1. The van der Waals surface area contributed by atoms with E-state index in [2.05, 4.69) is 0 Å². The summed E-state index contributed by atoms with van der Waals surface area (Å²) in [5.41, 5.74) is 0.847. The normalized spacial score (nSPS) is 22.8. The number of ether oxygens (including phenoxy) is 2. The van der Waals surface area contributed by atoms with Gasteiger partial charge in [-0.3, -0.25) is 9.69 Å². The van der Waals surface area contributed by atoms with Crippen LogP contribution in [0, 0.1) is 5.92 Å². The summed E-state index contributed by atoms with van der Waals surface area (Å²) in [7, 11) is 1.47. The molecule has 2 unspecified atom stereocenters. The summed E-state index contributed by atoms with van der Waals surface area (Å²) in [6.07, 6.45) is -2.61. The molecule has 27 heavy (non-hydrogen) atoms. The SMILES string of the molecule is COC1OC(c2ccccc2)(c2ccccc2)[C@H](C(C)C)N1C(=O)C(C)F. The van der Waals surface area contributed by atoms with Crippen LogP contribution in [0.5, 0.6) is 0 Å². The Morgan fingerprint density at radius 3 is 1.89 bits per heavy atom. The van der Waals surface area contributed by atoms with E-state index in [-0.39, 0.29) is 5.92 Å². The zero-order valence-corrected chi connectivity index (χ0v) is 16.1. The van der Waals surface area contributed by atoms with Crippen molar-refractivity contribution in [3.63, 3.8) is 0 Å². The highest BCUT2D eigenvalue weighted by atomic mass is 19.1. The van der Waals surface area contributed by atoms with Gasteiger partial charge in [-0.05, 0) is 24.0 Å². The fourth-order valence-corrected chi connectivity index (χ4v) is 4.03. The minimum absolute atomic E-state index is 0.00624. The van der Waals surface area contributed by atoms with Gasteiger partial charge in [-0.15, -0.1) is 0 Å². The summed E-state index contributed by atoms with van der Waals surface area (Å²) < 4.78 is 26.0.